The summed E-state index contributed by atoms with van der Waals surface area (Å²) in [5.74, 6) is 2.18. The number of benzene rings is 2. The summed E-state index contributed by atoms with van der Waals surface area (Å²) in [5, 5.41) is 0. The lowest BCUT2D eigenvalue weighted by atomic mass is 9.81. The lowest BCUT2D eigenvalue weighted by Crippen LogP contribution is -2.04. The van der Waals surface area contributed by atoms with Crippen LogP contribution in [-0.4, -0.2) is 0 Å². The van der Waals surface area contributed by atoms with Gasteiger partial charge in [0, 0.05) is 0 Å². The zero-order valence-electron chi connectivity index (χ0n) is 16.8. The van der Waals surface area contributed by atoms with Crippen LogP contribution < -0.4 is 0 Å². The van der Waals surface area contributed by atoms with E-state index >= 15 is 0 Å². The third-order valence-corrected chi connectivity index (χ3v) is 4.97. The van der Waals surface area contributed by atoms with E-state index < -0.39 is 0 Å². The smallest absolute Gasteiger partial charge is 0.0114 e. The van der Waals surface area contributed by atoms with Crippen LogP contribution in [-0.2, 0) is 0 Å². The van der Waals surface area contributed by atoms with Crippen LogP contribution in [0.4, 0.5) is 0 Å². The number of rotatable bonds is 5. The van der Waals surface area contributed by atoms with Crippen molar-refractivity contribution in [3.63, 3.8) is 0 Å². The minimum Gasteiger partial charge on any atom is -0.0614 e. The van der Waals surface area contributed by atoms with E-state index in [0.29, 0.717) is 23.7 Å². The van der Waals surface area contributed by atoms with Gasteiger partial charge in [0.15, 0.2) is 0 Å². The Bertz CT molecular complexity index is 658. The number of hydrogen-bond acceptors (Lipinski definition) is 0. The Kier molecular flexibility index (Phi) is 5.91. The molecule has 0 saturated carbocycles. The van der Waals surface area contributed by atoms with Crippen LogP contribution >= 0.6 is 0 Å². The zero-order chi connectivity index (χ0) is 18.0. The molecule has 24 heavy (non-hydrogen) atoms. The lowest BCUT2D eigenvalue weighted by Gasteiger charge is -2.23. The summed E-state index contributed by atoms with van der Waals surface area (Å²) in [4.78, 5) is 0. The Morgan fingerprint density at radius 1 is 0.542 bits per heavy atom. The first kappa shape index (κ1) is 18.8. The zero-order valence-corrected chi connectivity index (χ0v) is 16.8. The second-order valence-corrected chi connectivity index (χ2v) is 8.32. The van der Waals surface area contributed by atoms with Crippen molar-refractivity contribution in [3.8, 4) is 11.1 Å². The van der Waals surface area contributed by atoms with Crippen LogP contribution in [0.3, 0.4) is 0 Å². The van der Waals surface area contributed by atoms with Crippen molar-refractivity contribution >= 4 is 0 Å². The molecule has 0 heterocycles. The molecule has 0 N–H and O–H groups in total. The Morgan fingerprint density at radius 2 is 1.04 bits per heavy atom. The molecule has 0 radical (unpaired) electrons. The van der Waals surface area contributed by atoms with E-state index in [0.717, 1.165) is 0 Å². The maximum atomic E-state index is 2.44. The fourth-order valence-corrected chi connectivity index (χ4v) is 3.34. The van der Waals surface area contributed by atoms with E-state index in [1.807, 2.05) is 0 Å². The highest BCUT2D eigenvalue weighted by Crippen LogP contribution is 2.39. The summed E-state index contributed by atoms with van der Waals surface area (Å²) in [6.07, 6.45) is 0. The molecular formula is C24H34. The molecule has 0 saturated heterocycles. The van der Waals surface area contributed by atoms with Crippen LogP contribution in [0, 0.1) is 0 Å². The Labute approximate surface area is 149 Å². The first-order chi connectivity index (χ1) is 11.2. The van der Waals surface area contributed by atoms with Crippen molar-refractivity contribution in [2.75, 3.05) is 0 Å². The average molecular weight is 323 g/mol. The molecule has 0 heteroatoms. The predicted molar refractivity (Wildman–Crippen MR) is 108 cm³/mol. The molecule has 0 aliphatic rings. The summed E-state index contributed by atoms with van der Waals surface area (Å²) in [6.45, 7) is 18.4. The first-order valence-corrected chi connectivity index (χ1v) is 9.50. The summed E-state index contributed by atoms with van der Waals surface area (Å²) >= 11 is 0. The van der Waals surface area contributed by atoms with E-state index in [2.05, 4.69) is 91.8 Å². The highest BCUT2D eigenvalue weighted by molar-refractivity contribution is 5.74. The van der Waals surface area contributed by atoms with Gasteiger partial charge in [-0.25, -0.2) is 0 Å². The van der Waals surface area contributed by atoms with Crippen LogP contribution in [0.25, 0.3) is 11.1 Å². The quantitative estimate of drug-likeness (QED) is 0.525. The van der Waals surface area contributed by atoms with Crippen molar-refractivity contribution in [2.45, 2.75) is 79.1 Å². The fraction of sp³-hybridized carbons (Fsp3) is 0.500. The molecule has 2 aromatic rings. The van der Waals surface area contributed by atoms with Gasteiger partial charge in [-0.1, -0.05) is 91.8 Å². The first-order valence-electron chi connectivity index (χ1n) is 9.50. The molecule has 0 aromatic heterocycles. The summed E-state index contributed by atoms with van der Waals surface area (Å²) in [5.41, 5.74) is 8.71. The molecule has 130 valence electrons. The van der Waals surface area contributed by atoms with Gasteiger partial charge in [0.2, 0.25) is 0 Å². The van der Waals surface area contributed by atoms with E-state index in [-0.39, 0.29) is 0 Å². The Balaban J connectivity index is 2.78. The van der Waals surface area contributed by atoms with Gasteiger partial charge in [-0.05, 0) is 57.1 Å². The van der Waals surface area contributed by atoms with E-state index in [9.17, 15) is 0 Å². The normalized spacial score (nSPS) is 12.0. The summed E-state index contributed by atoms with van der Waals surface area (Å²) in [7, 11) is 0. The minimum atomic E-state index is 0.527. The average Bonchev–Trinajstić information content (AvgIpc) is 2.53. The summed E-state index contributed by atoms with van der Waals surface area (Å²) < 4.78 is 0. The van der Waals surface area contributed by atoms with Gasteiger partial charge in [0.25, 0.3) is 0 Å². The highest BCUT2D eigenvalue weighted by Gasteiger charge is 2.18. The molecule has 0 bridgehead atoms. The topological polar surface area (TPSA) is 0 Å². The van der Waals surface area contributed by atoms with Gasteiger partial charge in [-0.15, -0.1) is 0 Å². The molecule has 0 unspecified atom stereocenters. The van der Waals surface area contributed by atoms with Crippen LogP contribution in [0.15, 0.2) is 36.4 Å². The second kappa shape index (κ2) is 7.55. The Morgan fingerprint density at radius 3 is 1.46 bits per heavy atom. The molecule has 2 aromatic carbocycles. The van der Waals surface area contributed by atoms with Crippen molar-refractivity contribution in [1.82, 2.24) is 0 Å². The van der Waals surface area contributed by atoms with Gasteiger partial charge in [0.1, 0.15) is 0 Å². The predicted octanol–water partition coefficient (Wildman–Crippen LogP) is 7.85. The Hall–Kier alpha value is -1.56. The van der Waals surface area contributed by atoms with Crippen molar-refractivity contribution in [1.29, 1.82) is 0 Å². The van der Waals surface area contributed by atoms with Crippen LogP contribution in [0.1, 0.15) is 101 Å². The van der Waals surface area contributed by atoms with Crippen LogP contribution in [0.2, 0.25) is 0 Å². The maximum Gasteiger partial charge on any atom is -0.0114 e. The molecule has 0 atom stereocenters. The highest BCUT2D eigenvalue weighted by atomic mass is 14.2. The molecule has 0 spiro atoms. The molecule has 0 nitrogen and oxygen atoms in total. The van der Waals surface area contributed by atoms with Gasteiger partial charge in [-0.2, -0.15) is 0 Å². The van der Waals surface area contributed by atoms with Crippen molar-refractivity contribution in [3.05, 3.63) is 58.7 Å². The van der Waals surface area contributed by atoms with Gasteiger partial charge in [-0.3, -0.25) is 0 Å². The summed E-state index contributed by atoms with van der Waals surface area (Å²) in [6, 6.07) is 14.0. The van der Waals surface area contributed by atoms with Gasteiger partial charge in [0.05, 0.1) is 0 Å². The standard InChI is InChI=1S/C24H34/c1-15(2)19-10-9-11-20(12-19)24-22(17(5)6)13-21(16(3)4)14-23(24)18(7)8/h9-18H,1-8H3. The molecule has 2 rings (SSSR count). The van der Waals surface area contributed by atoms with Gasteiger partial charge < -0.3 is 0 Å². The van der Waals surface area contributed by atoms with E-state index in [4.69, 9.17) is 0 Å². The maximum absolute atomic E-state index is 2.44. The second-order valence-electron chi connectivity index (χ2n) is 8.32. The van der Waals surface area contributed by atoms with E-state index in [1.54, 1.807) is 0 Å². The lowest BCUT2D eigenvalue weighted by molar-refractivity contribution is 0.807. The molecule has 0 fully saturated rings. The van der Waals surface area contributed by atoms with Crippen LogP contribution in [0.5, 0.6) is 0 Å². The number of hydrogen-bond donors (Lipinski definition) is 0. The SMILES string of the molecule is CC(C)c1cccc(-c2c(C(C)C)cc(C(C)C)cc2C(C)C)c1. The third kappa shape index (κ3) is 3.91. The molecule has 0 amide bonds. The largest absolute Gasteiger partial charge is 0.0614 e. The molecule has 0 aliphatic carbocycles. The minimum absolute atomic E-state index is 0.527. The third-order valence-electron chi connectivity index (χ3n) is 4.97. The van der Waals surface area contributed by atoms with Crippen molar-refractivity contribution < 1.29 is 0 Å². The monoisotopic (exact) mass is 322 g/mol. The molecule has 0 aliphatic heterocycles. The van der Waals surface area contributed by atoms with Gasteiger partial charge >= 0.3 is 0 Å². The van der Waals surface area contributed by atoms with Crippen molar-refractivity contribution in [2.24, 2.45) is 0 Å². The van der Waals surface area contributed by atoms with E-state index in [1.165, 1.54) is 33.4 Å². The fourth-order valence-electron chi connectivity index (χ4n) is 3.34. The molecular weight excluding hydrogens is 288 g/mol.